The maximum Gasteiger partial charge on any atom is 0.235 e. The topological polar surface area (TPSA) is 58.4 Å². The molecule has 0 saturated carbocycles. The van der Waals surface area contributed by atoms with Gasteiger partial charge in [0, 0.05) is 37.1 Å². The van der Waals surface area contributed by atoms with Crippen molar-refractivity contribution in [2.24, 2.45) is 5.84 Å². The number of nitrogens with zero attached hydrogens (tertiary/aromatic N) is 1. The van der Waals surface area contributed by atoms with Crippen LogP contribution in [0, 0.1) is 0 Å². The number of hydrogen-bond acceptors (Lipinski definition) is 4. The van der Waals surface area contributed by atoms with Crippen LogP contribution in [0.25, 0.3) is 0 Å². The molecule has 82 valence electrons. The Balaban J connectivity index is 2.20. The van der Waals surface area contributed by atoms with Gasteiger partial charge in [-0.05, 0) is 6.42 Å². The van der Waals surface area contributed by atoms with Crippen LogP contribution < -0.4 is 11.3 Å². The molecule has 1 rings (SSSR count). The zero-order valence-electron chi connectivity index (χ0n) is 8.66. The van der Waals surface area contributed by atoms with Crippen molar-refractivity contribution in [2.75, 3.05) is 25.4 Å². The summed E-state index contributed by atoms with van der Waals surface area (Å²) in [7, 11) is 0. The molecule has 3 N–H and O–H groups in total. The second-order valence-corrected chi connectivity index (χ2v) is 4.93. The van der Waals surface area contributed by atoms with Gasteiger partial charge in [-0.3, -0.25) is 10.2 Å². The van der Waals surface area contributed by atoms with Gasteiger partial charge in [0.2, 0.25) is 5.91 Å². The van der Waals surface area contributed by atoms with Gasteiger partial charge in [-0.25, -0.2) is 5.84 Å². The molecule has 1 amide bonds. The van der Waals surface area contributed by atoms with Crippen LogP contribution in [-0.4, -0.2) is 41.4 Å². The molecule has 1 aliphatic heterocycles. The summed E-state index contributed by atoms with van der Waals surface area (Å²) in [5, 5.41) is 0.740. The molecular formula is C9H19N3OS. The summed E-state index contributed by atoms with van der Waals surface area (Å²) in [6, 6.07) is 0. The summed E-state index contributed by atoms with van der Waals surface area (Å²) >= 11 is 2.04. The third-order valence-corrected chi connectivity index (χ3v) is 3.87. The summed E-state index contributed by atoms with van der Waals surface area (Å²) in [6.45, 7) is 5.26. The SMILES string of the molecule is CCC1CN(CCC(=O)NN)CCS1. The predicted octanol–water partition coefficient (Wildman–Crippen LogP) is 0.194. The van der Waals surface area contributed by atoms with Gasteiger partial charge in [0.25, 0.3) is 0 Å². The molecule has 0 spiro atoms. The number of hydrogen-bond donors (Lipinski definition) is 2. The quantitative estimate of drug-likeness (QED) is 0.401. The Labute approximate surface area is 89.6 Å². The van der Waals surface area contributed by atoms with Crippen LogP contribution in [0.1, 0.15) is 19.8 Å². The minimum atomic E-state index is -0.0729. The van der Waals surface area contributed by atoms with Crippen molar-refractivity contribution in [3.63, 3.8) is 0 Å². The molecule has 0 aliphatic carbocycles. The molecule has 1 aliphatic rings. The number of nitrogens with two attached hydrogens (primary N) is 1. The number of nitrogens with one attached hydrogen (secondary N) is 1. The van der Waals surface area contributed by atoms with E-state index in [-0.39, 0.29) is 5.91 Å². The van der Waals surface area contributed by atoms with Crippen molar-refractivity contribution in [1.29, 1.82) is 0 Å². The maximum absolute atomic E-state index is 10.9. The molecule has 1 heterocycles. The van der Waals surface area contributed by atoms with Crippen LogP contribution in [0.5, 0.6) is 0 Å². The molecule has 14 heavy (non-hydrogen) atoms. The van der Waals surface area contributed by atoms with Crippen molar-refractivity contribution in [3.05, 3.63) is 0 Å². The Kier molecular flexibility index (Phi) is 5.29. The smallest absolute Gasteiger partial charge is 0.235 e. The fourth-order valence-corrected chi connectivity index (χ4v) is 2.81. The van der Waals surface area contributed by atoms with Crippen LogP contribution in [0.15, 0.2) is 0 Å². The third-order valence-electron chi connectivity index (χ3n) is 2.49. The van der Waals surface area contributed by atoms with E-state index in [1.807, 2.05) is 11.8 Å². The number of rotatable bonds is 4. The summed E-state index contributed by atoms with van der Waals surface area (Å²) in [6.07, 6.45) is 1.72. The molecule has 4 nitrogen and oxygen atoms in total. The summed E-state index contributed by atoms with van der Waals surface area (Å²) in [5.74, 6) is 6.13. The molecule has 5 heteroatoms. The number of amides is 1. The van der Waals surface area contributed by atoms with Gasteiger partial charge in [-0.1, -0.05) is 6.92 Å². The largest absolute Gasteiger partial charge is 0.301 e. The zero-order valence-corrected chi connectivity index (χ0v) is 9.48. The Bertz CT molecular complexity index is 189. The maximum atomic E-state index is 10.9. The van der Waals surface area contributed by atoms with E-state index in [1.165, 1.54) is 12.2 Å². The highest BCUT2D eigenvalue weighted by Gasteiger charge is 2.18. The van der Waals surface area contributed by atoms with Crippen molar-refractivity contribution < 1.29 is 4.79 Å². The van der Waals surface area contributed by atoms with Gasteiger partial charge in [0.1, 0.15) is 0 Å². The zero-order chi connectivity index (χ0) is 10.4. The van der Waals surface area contributed by atoms with Crippen LogP contribution >= 0.6 is 11.8 Å². The van der Waals surface area contributed by atoms with Gasteiger partial charge in [-0.2, -0.15) is 11.8 Å². The number of carbonyl (C=O) groups excluding carboxylic acids is 1. The van der Waals surface area contributed by atoms with E-state index in [0.29, 0.717) is 6.42 Å². The number of carbonyl (C=O) groups is 1. The van der Waals surface area contributed by atoms with Crippen LogP contribution in [0.2, 0.25) is 0 Å². The Morgan fingerprint density at radius 3 is 3.14 bits per heavy atom. The van der Waals surface area contributed by atoms with Gasteiger partial charge >= 0.3 is 0 Å². The Morgan fingerprint density at radius 1 is 1.71 bits per heavy atom. The predicted molar refractivity (Wildman–Crippen MR) is 59.9 cm³/mol. The van der Waals surface area contributed by atoms with Gasteiger partial charge in [0.15, 0.2) is 0 Å². The Morgan fingerprint density at radius 2 is 2.50 bits per heavy atom. The molecule has 0 bridgehead atoms. The lowest BCUT2D eigenvalue weighted by molar-refractivity contribution is -0.121. The standard InChI is InChI=1S/C9H19N3OS/c1-2-8-7-12(5-6-14-8)4-3-9(13)11-10/h8H,2-7,10H2,1H3,(H,11,13). The minimum Gasteiger partial charge on any atom is -0.301 e. The Hall–Kier alpha value is -0.260. The summed E-state index contributed by atoms with van der Waals surface area (Å²) in [4.78, 5) is 13.3. The van der Waals surface area contributed by atoms with E-state index >= 15 is 0 Å². The highest BCUT2D eigenvalue weighted by molar-refractivity contribution is 8.00. The molecule has 1 unspecified atom stereocenters. The van der Waals surface area contributed by atoms with Crippen molar-refractivity contribution in [1.82, 2.24) is 10.3 Å². The van der Waals surface area contributed by atoms with Crippen LogP contribution in [-0.2, 0) is 4.79 Å². The van der Waals surface area contributed by atoms with Crippen molar-refractivity contribution in [3.8, 4) is 0 Å². The van der Waals surface area contributed by atoms with Gasteiger partial charge in [-0.15, -0.1) is 0 Å². The second kappa shape index (κ2) is 6.27. The van der Waals surface area contributed by atoms with E-state index < -0.39 is 0 Å². The average Bonchev–Trinajstić information content (AvgIpc) is 2.26. The highest BCUT2D eigenvalue weighted by atomic mass is 32.2. The van der Waals surface area contributed by atoms with E-state index in [2.05, 4.69) is 17.2 Å². The molecule has 0 aromatic heterocycles. The molecular weight excluding hydrogens is 198 g/mol. The van der Waals surface area contributed by atoms with Crippen molar-refractivity contribution in [2.45, 2.75) is 25.0 Å². The second-order valence-electron chi connectivity index (χ2n) is 3.52. The van der Waals surface area contributed by atoms with E-state index in [9.17, 15) is 4.79 Å². The molecule has 1 fully saturated rings. The molecule has 1 saturated heterocycles. The first-order valence-electron chi connectivity index (χ1n) is 5.09. The summed E-state index contributed by atoms with van der Waals surface area (Å²) < 4.78 is 0. The van der Waals surface area contributed by atoms with Gasteiger partial charge < -0.3 is 4.90 Å². The van der Waals surface area contributed by atoms with E-state index in [4.69, 9.17) is 5.84 Å². The minimum absolute atomic E-state index is 0.0729. The third kappa shape index (κ3) is 3.86. The monoisotopic (exact) mass is 217 g/mol. The molecule has 1 atom stereocenters. The van der Waals surface area contributed by atoms with E-state index in [1.54, 1.807) is 0 Å². The first kappa shape index (κ1) is 11.8. The van der Waals surface area contributed by atoms with E-state index in [0.717, 1.165) is 24.9 Å². The first-order valence-corrected chi connectivity index (χ1v) is 6.14. The normalized spacial score (nSPS) is 23.4. The van der Waals surface area contributed by atoms with Gasteiger partial charge in [0.05, 0.1) is 0 Å². The number of thioether (sulfide) groups is 1. The highest BCUT2D eigenvalue weighted by Crippen LogP contribution is 2.20. The van der Waals surface area contributed by atoms with Crippen LogP contribution in [0.3, 0.4) is 0 Å². The lowest BCUT2D eigenvalue weighted by Crippen LogP contribution is -2.40. The number of hydrazine groups is 1. The molecule has 0 radical (unpaired) electrons. The first-order chi connectivity index (χ1) is 6.76. The molecule has 0 aromatic carbocycles. The molecule has 0 aromatic rings. The lowest BCUT2D eigenvalue weighted by atomic mass is 10.2. The lowest BCUT2D eigenvalue weighted by Gasteiger charge is -2.31. The fraction of sp³-hybridized carbons (Fsp3) is 0.889. The van der Waals surface area contributed by atoms with Crippen LogP contribution in [0.4, 0.5) is 0 Å². The van der Waals surface area contributed by atoms with Crippen molar-refractivity contribution >= 4 is 17.7 Å². The summed E-state index contributed by atoms with van der Waals surface area (Å²) in [5.41, 5.74) is 2.16. The average molecular weight is 217 g/mol. The fourth-order valence-electron chi connectivity index (χ4n) is 1.56.